The average molecular weight is 333 g/mol. The summed E-state index contributed by atoms with van der Waals surface area (Å²) in [5.74, 6) is -0.792. The third kappa shape index (κ3) is 1.80. The molecule has 5 nitrogen and oxygen atoms in total. The Morgan fingerprint density at radius 1 is 1.61 bits per heavy atom. The highest BCUT2D eigenvalue weighted by molar-refractivity contribution is 9.11. The monoisotopic (exact) mass is 332 g/mol. The molecule has 1 N–H and O–H groups in total. The van der Waals surface area contributed by atoms with Crippen LogP contribution in [0.3, 0.4) is 0 Å². The molecule has 1 amide bonds. The summed E-state index contributed by atoms with van der Waals surface area (Å²) in [4.78, 5) is 29.1. The Balaban J connectivity index is 2.40. The van der Waals surface area contributed by atoms with E-state index in [2.05, 4.69) is 20.9 Å². The number of fused-ring (bicyclic) bond motifs is 1. The van der Waals surface area contributed by atoms with Crippen LogP contribution in [-0.4, -0.2) is 44.3 Å². The van der Waals surface area contributed by atoms with Crippen molar-refractivity contribution in [1.29, 1.82) is 0 Å². The number of rotatable bonds is 2. The molecular weight excluding hydrogens is 320 g/mol. The van der Waals surface area contributed by atoms with Gasteiger partial charge in [0, 0.05) is 15.9 Å². The number of nitrogens with zero attached hydrogens (tertiary/aromatic N) is 2. The van der Waals surface area contributed by atoms with Crippen molar-refractivity contribution >= 4 is 45.3 Å². The smallest absolute Gasteiger partial charge is 0.353 e. The second kappa shape index (κ2) is 4.38. The third-order valence-corrected chi connectivity index (χ3v) is 5.36. The van der Waals surface area contributed by atoms with Gasteiger partial charge in [0.05, 0.1) is 0 Å². The molecule has 0 aromatic carbocycles. The molecule has 0 aliphatic carbocycles. The predicted octanol–water partition coefficient (Wildman–Crippen LogP) is 1.83. The number of carboxylic acids is 1. The topological polar surface area (TPSA) is 70.0 Å². The van der Waals surface area contributed by atoms with Gasteiger partial charge in [0.15, 0.2) is 5.54 Å². The Kier molecular flexibility index (Phi) is 3.31. The summed E-state index contributed by atoms with van der Waals surface area (Å²) in [5, 5.41) is 8.94. The van der Waals surface area contributed by atoms with Gasteiger partial charge >= 0.3 is 5.97 Å². The lowest BCUT2D eigenvalue weighted by Gasteiger charge is -2.53. The second-order valence-electron chi connectivity index (χ2n) is 4.60. The molecule has 0 radical (unpaired) electrons. The minimum Gasteiger partial charge on any atom is -0.477 e. The van der Waals surface area contributed by atoms with E-state index < -0.39 is 11.5 Å². The molecule has 0 aromatic heterocycles. The number of halogens is 1. The fourth-order valence-electron chi connectivity index (χ4n) is 2.23. The first-order valence-corrected chi connectivity index (χ1v) is 7.23. The van der Waals surface area contributed by atoms with Crippen LogP contribution in [0.2, 0.25) is 0 Å². The van der Waals surface area contributed by atoms with Gasteiger partial charge in [-0.05, 0) is 20.8 Å². The number of carboxylic acid groups (broad SMARTS) is 1. The van der Waals surface area contributed by atoms with Gasteiger partial charge in [-0.25, -0.2) is 4.79 Å². The second-order valence-corrected chi connectivity index (χ2v) is 6.63. The summed E-state index contributed by atoms with van der Waals surface area (Å²) in [7, 11) is 0. The van der Waals surface area contributed by atoms with Crippen molar-refractivity contribution in [3.8, 4) is 0 Å². The quantitative estimate of drug-likeness (QED) is 0.618. The summed E-state index contributed by atoms with van der Waals surface area (Å²) in [5.41, 5.74) is 0.0273. The van der Waals surface area contributed by atoms with Gasteiger partial charge in [-0.2, -0.15) is 0 Å². The molecule has 0 saturated carbocycles. The predicted molar refractivity (Wildman–Crippen MR) is 73.9 cm³/mol. The lowest BCUT2D eigenvalue weighted by molar-refractivity contribution is -0.153. The Hall–Kier alpha value is -0.820. The van der Waals surface area contributed by atoms with Crippen molar-refractivity contribution in [2.24, 2.45) is 4.99 Å². The number of hydrogen-bond acceptors (Lipinski definition) is 4. The van der Waals surface area contributed by atoms with Crippen LogP contribution in [0.5, 0.6) is 0 Å². The van der Waals surface area contributed by atoms with E-state index >= 15 is 0 Å². The lowest BCUT2D eigenvalue weighted by atomic mass is 9.89. The van der Waals surface area contributed by atoms with E-state index in [0.29, 0.717) is 10.2 Å². The number of hydrogen-bond donors (Lipinski definition) is 1. The molecule has 2 heterocycles. The maximum absolute atomic E-state index is 12.2. The van der Waals surface area contributed by atoms with Crippen molar-refractivity contribution in [2.45, 2.75) is 31.7 Å². The molecule has 2 atom stereocenters. The standard InChI is InChI=1S/C11H13BrN2O3S/c1-5(2)13-11(3)9(17)14-7(8(15)16)6(12)4-18-10(11)14/h10H,4H2,1-3H3,(H,15,16)/t10-,11+/m0/s1. The number of aliphatic carboxylic acids is 1. The molecule has 98 valence electrons. The van der Waals surface area contributed by atoms with Crippen LogP contribution >= 0.6 is 27.7 Å². The average Bonchev–Trinajstić information content (AvgIpc) is 2.26. The fourth-order valence-corrected chi connectivity index (χ4v) is 4.26. The lowest BCUT2D eigenvalue weighted by Crippen LogP contribution is -2.71. The Labute approximate surface area is 117 Å². The molecule has 1 saturated heterocycles. The van der Waals surface area contributed by atoms with Crippen LogP contribution in [0.25, 0.3) is 0 Å². The van der Waals surface area contributed by atoms with Crippen LogP contribution in [-0.2, 0) is 9.59 Å². The molecule has 2 rings (SSSR count). The van der Waals surface area contributed by atoms with E-state index in [1.165, 1.54) is 16.7 Å². The van der Waals surface area contributed by atoms with Crippen molar-refractivity contribution in [2.75, 3.05) is 5.75 Å². The Bertz CT molecular complexity index is 499. The maximum Gasteiger partial charge on any atom is 0.353 e. The van der Waals surface area contributed by atoms with E-state index in [0.717, 1.165) is 5.71 Å². The van der Waals surface area contributed by atoms with Crippen molar-refractivity contribution < 1.29 is 14.7 Å². The van der Waals surface area contributed by atoms with Crippen molar-refractivity contribution in [3.63, 3.8) is 0 Å². The van der Waals surface area contributed by atoms with E-state index in [1.807, 2.05) is 13.8 Å². The van der Waals surface area contributed by atoms with Crippen LogP contribution in [0.1, 0.15) is 20.8 Å². The molecule has 2 aliphatic heterocycles. The SMILES string of the molecule is CC(C)=N[C@]1(C)C(=O)N2C(C(=O)O)=C(Br)CS[C@H]21. The number of β-lactam (4-membered cyclic amide) rings is 1. The zero-order valence-electron chi connectivity index (χ0n) is 10.2. The van der Waals surface area contributed by atoms with Gasteiger partial charge in [0.2, 0.25) is 0 Å². The molecule has 0 spiro atoms. The largest absolute Gasteiger partial charge is 0.477 e. The maximum atomic E-state index is 12.2. The highest BCUT2D eigenvalue weighted by Crippen LogP contribution is 2.48. The zero-order chi connectivity index (χ0) is 13.7. The van der Waals surface area contributed by atoms with Crippen LogP contribution in [0.4, 0.5) is 0 Å². The molecular formula is C11H13BrN2O3S. The van der Waals surface area contributed by atoms with Gasteiger partial charge in [0.1, 0.15) is 11.1 Å². The molecule has 1 fully saturated rings. The summed E-state index contributed by atoms with van der Waals surface area (Å²) in [6.07, 6.45) is 0. The van der Waals surface area contributed by atoms with Crippen molar-refractivity contribution in [3.05, 3.63) is 10.2 Å². The highest BCUT2D eigenvalue weighted by Gasteiger charge is 2.62. The minimum absolute atomic E-state index is 0.0465. The molecule has 0 aromatic rings. The number of carbonyl (C=O) groups is 2. The summed E-state index contributed by atoms with van der Waals surface area (Å²) in [6, 6.07) is 0. The van der Waals surface area contributed by atoms with Gasteiger partial charge in [-0.3, -0.25) is 14.7 Å². The van der Waals surface area contributed by atoms with Crippen LogP contribution in [0, 0.1) is 0 Å². The zero-order valence-corrected chi connectivity index (χ0v) is 12.6. The number of thioether (sulfide) groups is 1. The van der Waals surface area contributed by atoms with E-state index in [9.17, 15) is 14.7 Å². The van der Waals surface area contributed by atoms with Gasteiger partial charge in [0.25, 0.3) is 5.91 Å². The van der Waals surface area contributed by atoms with Gasteiger partial charge in [-0.15, -0.1) is 11.8 Å². The number of aliphatic imine (C=N–C) groups is 1. The molecule has 2 aliphatic rings. The summed E-state index contributed by atoms with van der Waals surface area (Å²) in [6.45, 7) is 5.42. The highest BCUT2D eigenvalue weighted by atomic mass is 79.9. The van der Waals surface area contributed by atoms with E-state index in [4.69, 9.17) is 0 Å². The third-order valence-electron chi connectivity index (χ3n) is 2.89. The normalized spacial score (nSPS) is 30.8. The fraction of sp³-hybridized carbons (Fsp3) is 0.545. The number of amides is 1. The minimum atomic E-state index is -1.08. The first-order chi connectivity index (χ1) is 8.29. The van der Waals surface area contributed by atoms with Crippen LogP contribution < -0.4 is 0 Å². The summed E-state index contributed by atoms with van der Waals surface area (Å²) < 4.78 is 0.545. The van der Waals surface area contributed by atoms with E-state index in [1.54, 1.807) is 6.92 Å². The first-order valence-electron chi connectivity index (χ1n) is 5.39. The molecule has 0 unspecified atom stereocenters. The summed E-state index contributed by atoms with van der Waals surface area (Å²) >= 11 is 4.75. The van der Waals surface area contributed by atoms with Crippen molar-refractivity contribution in [1.82, 2.24) is 4.90 Å². The number of carbonyl (C=O) groups excluding carboxylic acids is 1. The first kappa shape index (κ1) is 13.6. The molecule has 18 heavy (non-hydrogen) atoms. The van der Waals surface area contributed by atoms with Gasteiger partial charge in [-0.1, -0.05) is 15.9 Å². The Morgan fingerprint density at radius 2 is 2.22 bits per heavy atom. The van der Waals surface area contributed by atoms with E-state index in [-0.39, 0.29) is 17.0 Å². The Morgan fingerprint density at radius 3 is 2.72 bits per heavy atom. The van der Waals surface area contributed by atoms with Gasteiger partial charge < -0.3 is 5.11 Å². The molecule has 7 heteroatoms. The molecule has 0 bridgehead atoms. The van der Waals surface area contributed by atoms with Crippen LogP contribution in [0.15, 0.2) is 15.2 Å².